The third kappa shape index (κ3) is 2.43. The summed E-state index contributed by atoms with van der Waals surface area (Å²) in [6.07, 6.45) is 0.378. The van der Waals surface area contributed by atoms with Gasteiger partial charge in [-0.3, -0.25) is 5.10 Å². The van der Waals surface area contributed by atoms with Crippen LogP contribution in [0.1, 0.15) is 11.4 Å². The Morgan fingerprint density at radius 3 is 2.50 bits per heavy atom. The van der Waals surface area contributed by atoms with Gasteiger partial charge < -0.3 is 0 Å². The van der Waals surface area contributed by atoms with Crippen LogP contribution in [0.2, 0.25) is 0 Å². The summed E-state index contributed by atoms with van der Waals surface area (Å²) in [4.78, 5) is 3.55. The van der Waals surface area contributed by atoms with Gasteiger partial charge in [-0.05, 0) is 5.56 Å². The van der Waals surface area contributed by atoms with Crippen LogP contribution in [0.25, 0.3) is 0 Å². The van der Waals surface area contributed by atoms with Gasteiger partial charge in [-0.2, -0.15) is 13.4 Å². The fourth-order valence-corrected chi connectivity index (χ4v) is 1.63. The number of H-pyrrole nitrogens is 1. The van der Waals surface area contributed by atoms with Crippen molar-refractivity contribution in [3.05, 3.63) is 41.7 Å². The second kappa shape index (κ2) is 4.01. The molecule has 16 heavy (non-hydrogen) atoms. The van der Waals surface area contributed by atoms with Crippen molar-refractivity contribution in [2.45, 2.75) is 11.6 Å². The lowest BCUT2D eigenvalue weighted by atomic mass is 10.1. The standard InChI is InChI=1S/C9H8FN3O2S/c10-16(14,15)9-11-8(12-13-9)6-7-4-2-1-3-5-7/h1-5H,6H2,(H,11,12,13). The van der Waals surface area contributed by atoms with Crippen LogP contribution in [0.3, 0.4) is 0 Å². The summed E-state index contributed by atoms with van der Waals surface area (Å²) in [6, 6.07) is 9.26. The van der Waals surface area contributed by atoms with E-state index in [9.17, 15) is 12.3 Å². The second-order valence-electron chi connectivity index (χ2n) is 3.16. The molecule has 1 heterocycles. The van der Waals surface area contributed by atoms with Crippen LogP contribution in [0, 0.1) is 0 Å². The summed E-state index contributed by atoms with van der Waals surface area (Å²) in [7, 11) is -4.83. The Labute approximate surface area is 91.6 Å². The average Bonchev–Trinajstić information content (AvgIpc) is 2.67. The molecular formula is C9H8FN3O2S. The first-order valence-electron chi connectivity index (χ1n) is 4.45. The van der Waals surface area contributed by atoms with Gasteiger partial charge in [0.05, 0.1) is 0 Å². The van der Waals surface area contributed by atoms with E-state index in [-0.39, 0.29) is 0 Å². The van der Waals surface area contributed by atoms with Gasteiger partial charge in [0.1, 0.15) is 5.82 Å². The van der Waals surface area contributed by atoms with E-state index >= 15 is 0 Å². The zero-order valence-corrected chi connectivity index (χ0v) is 8.91. The minimum absolute atomic E-state index is 0.308. The molecule has 0 saturated carbocycles. The molecule has 0 atom stereocenters. The summed E-state index contributed by atoms with van der Waals surface area (Å²) in [5, 5.41) is 4.84. The maximum atomic E-state index is 12.5. The summed E-state index contributed by atoms with van der Waals surface area (Å²) in [5.74, 6) is 0.308. The molecule has 2 aromatic rings. The van der Waals surface area contributed by atoms with Crippen LogP contribution in [0.5, 0.6) is 0 Å². The van der Waals surface area contributed by atoms with Crippen LogP contribution in [0.4, 0.5) is 3.89 Å². The summed E-state index contributed by atoms with van der Waals surface area (Å²) < 4.78 is 33.5. The van der Waals surface area contributed by atoms with Crippen molar-refractivity contribution in [1.82, 2.24) is 15.2 Å². The molecule has 0 saturated heterocycles. The van der Waals surface area contributed by atoms with E-state index in [1.165, 1.54) is 0 Å². The topological polar surface area (TPSA) is 75.7 Å². The van der Waals surface area contributed by atoms with Crippen molar-refractivity contribution in [3.63, 3.8) is 0 Å². The van der Waals surface area contributed by atoms with Crippen LogP contribution >= 0.6 is 0 Å². The molecule has 7 heteroatoms. The Bertz CT molecular complexity index is 580. The Hall–Kier alpha value is -1.76. The molecule has 0 amide bonds. The molecule has 1 N–H and O–H groups in total. The van der Waals surface area contributed by atoms with Crippen molar-refractivity contribution >= 4 is 10.2 Å². The number of nitrogens with one attached hydrogen (secondary N) is 1. The first-order chi connectivity index (χ1) is 7.55. The lowest BCUT2D eigenvalue weighted by Gasteiger charge is -1.95. The van der Waals surface area contributed by atoms with Gasteiger partial charge in [0.15, 0.2) is 0 Å². The molecule has 0 aliphatic carbocycles. The monoisotopic (exact) mass is 241 g/mol. The number of aromatic amines is 1. The summed E-state index contributed by atoms with van der Waals surface area (Å²) >= 11 is 0. The summed E-state index contributed by atoms with van der Waals surface area (Å²) in [6.45, 7) is 0. The molecule has 0 aliphatic heterocycles. The fourth-order valence-electron chi connectivity index (χ4n) is 1.26. The van der Waals surface area contributed by atoms with E-state index in [0.717, 1.165) is 5.56 Å². The van der Waals surface area contributed by atoms with E-state index in [1.54, 1.807) is 0 Å². The normalized spacial score (nSPS) is 11.6. The number of aromatic nitrogens is 3. The van der Waals surface area contributed by atoms with E-state index < -0.39 is 15.4 Å². The predicted octanol–water partition coefficient (Wildman–Crippen LogP) is 1.05. The number of hydrogen-bond acceptors (Lipinski definition) is 4. The van der Waals surface area contributed by atoms with Crippen molar-refractivity contribution in [2.75, 3.05) is 0 Å². The molecule has 0 spiro atoms. The van der Waals surface area contributed by atoms with E-state index in [1.807, 2.05) is 30.3 Å². The molecule has 0 aliphatic rings. The molecule has 1 aromatic carbocycles. The lowest BCUT2D eigenvalue weighted by molar-refractivity contribution is 0.542. The van der Waals surface area contributed by atoms with Crippen LogP contribution < -0.4 is 0 Å². The van der Waals surface area contributed by atoms with Gasteiger partial charge in [-0.15, -0.1) is 5.10 Å². The van der Waals surface area contributed by atoms with Gasteiger partial charge in [0, 0.05) is 6.42 Å². The third-order valence-corrected chi connectivity index (χ3v) is 2.56. The van der Waals surface area contributed by atoms with Crippen molar-refractivity contribution < 1.29 is 12.3 Å². The molecule has 0 radical (unpaired) electrons. The molecule has 5 nitrogen and oxygen atoms in total. The third-order valence-electron chi connectivity index (χ3n) is 1.94. The second-order valence-corrected chi connectivity index (χ2v) is 4.41. The Balaban J connectivity index is 2.22. The van der Waals surface area contributed by atoms with Gasteiger partial charge in [-0.25, -0.2) is 0 Å². The average molecular weight is 241 g/mol. The highest BCUT2D eigenvalue weighted by molar-refractivity contribution is 7.86. The fraction of sp³-hybridized carbons (Fsp3) is 0.111. The van der Waals surface area contributed by atoms with Gasteiger partial charge in [-0.1, -0.05) is 34.2 Å². The van der Waals surface area contributed by atoms with E-state index in [4.69, 9.17) is 0 Å². The lowest BCUT2D eigenvalue weighted by Crippen LogP contribution is -1.95. The first kappa shape index (κ1) is 10.7. The largest absolute Gasteiger partial charge is 0.369 e. The smallest absolute Gasteiger partial charge is 0.262 e. The highest BCUT2D eigenvalue weighted by Crippen LogP contribution is 2.08. The molecule has 0 bridgehead atoms. The van der Waals surface area contributed by atoms with Crippen LogP contribution in [-0.2, 0) is 16.6 Å². The predicted molar refractivity (Wildman–Crippen MR) is 53.9 cm³/mol. The Morgan fingerprint density at radius 2 is 1.94 bits per heavy atom. The molecule has 0 fully saturated rings. The minimum Gasteiger partial charge on any atom is -0.262 e. The highest BCUT2D eigenvalue weighted by atomic mass is 32.3. The molecule has 2 rings (SSSR count). The Kier molecular flexibility index (Phi) is 2.69. The maximum Gasteiger partial charge on any atom is 0.369 e. The zero-order chi connectivity index (χ0) is 11.6. The number of halogens is 1. The number of hydrogen-bond donors (Lipinski definition) is 1. The van der Waals surface area contributed by atoms with Gasteiger partial charge in [0.2, 0.25) is 0 Å². The van der Waals surface area contributed by atoms with Gasteiger partial charge >= 0.3 is 10.2 Å². The highest BCUT2D eigenvalue weighted by Gasteiger charge is 2.18. The quantitative estimate of drug-likeness (QED) is 0.815. The molecule has 0 unspecified atom stereocenters. The minimum atomic E-state index is -4.83. The maximum absolute atomic E-state index is 12.5. The molecule has 84 valence electrons. The molecule has 1 aromatic heterocycles. The Morgan fingerprint density at radius 1 is 1.25 bits per heavy atom. The van der Waals surface area contributed by atoms with Crippen LogP contribution in [0.15, 0.2) is 35.5 Å². The van der Waals surface area contributed by atoms with Crippen molar-refractivity contribution in [2.24, 2.45) is 0 Å². The van der Waals surface area contributed by atoms with Gasteiger partial charge in [0.25, 0.3) is 5.16 Å². The van der Waals surface area contributed by atoms with Crippen LogP contribution in [-0.4, -0.2) is 23.6 Å². The number of benzene rings is 1. The zero-order valence-electron chi connectivity index (χ0n) is 8.09. The number of nitrogens with zero attached hydrogens (tertiary/aromatic N) is 2. The van der Waals surface area contributed by atoms with Crippen molar-refractivity contribution in [1.29, 1.82) is 0 Å². The molecular weight excluding hydrogens is 233 g/mol. The first-order valence-corrected chi connectivity index (χ1v) is 5.84. The SMILES string of the molecule is O=S(=O)(F)c1n[nH]c(Cc2ccccc2)n1. The summed E-state index contributed by atoms with van der Waals surface area (Å²) in [5.41, 5.74) is 0.932. The van der Waals surface area contributed by atoms with E-state index in [2.05, 4.69) is 15.2 Å². The van der Waals surface area contributed by atoms with Crippen molar-refractivity contribution in [3.8, 4) is 0 Å². The van der Waals surface area contributed by atoms with E-state index in [0.29, 0.717) is 12.2 Å². The number of rotatable bonds is 3.